The molecule has 0 fully saturated rings. The van der Waals surface area contributed by atoms with Gasteiger partial charge in [0.2, 0.25) is 5.91 Å². The topological polar surface area (TPSA) is 54.9 Å². The molecule has 3 aromatic rings. The third-order valence-corrected chi connectivity index (χ3v) is 5.48. The van der Waals surface area contributed by atoms with E-state index < -0.39 is 0 Å². The fraction of sp³-hybridized carbons (Fsp3) is 0.188. The summed E-state index contributed by atoms with van der Waals surface area (Å²) in [5.41, 5.74) is 1.60. The second-order valence-electron chi connectivity index (χ2n) is 4.99. The molecule has 1 N–H and O–H groups in total. The minimum absolute atomic E-state index is 0.197. The van der Waals surface area contributed by atoms with Gasteiger partial charge in [0.1, 0.15) is 22.0 Å². The number of carbonyl (C=O) groups is 1. The van der Waals surface area contributed by atoms with Crippen LogP contribution >= 0.6 is 23.1 Å². The second-order valence-corrected chi connectivity index (χ2v) is 7.16. The van der Waals surface area contributed by atoms with E-state index >= 15 is 0 Å². The van der Waals surface area contributed by atoms with Crippen molar-refractivity contribution in [2.24, 2.45) is 0 Å². The van der Waals surface area contributed by atoms with E-state index in [9.17, 15) is 9.18 Å². The number of aromatic nitrogens is 2. The van der Waals surface area contributed by atoms with E-state index in [4.69, 9.17) is 0 Å². The molecule has 0 saturated heterocycles. The molecule has 1 amide bonds. The molecule has 0 spiro atoms. The van der Waals surface area contributed by atoms with Crippen LogP contribution in [0.2, 0.25) is 0 Å². The number of anilines is 1. The first kappa shape index (κ1) is 15.9. The van der Waals surface area contributed by atoms with Gasteiger partial charge in [0.25, 0.3) is 0 Å². The Morgan fingerprint density at radius 1 is 1.35 bits per heavy atom. The molecule has 2 aromatic heterocycles. The Hall–Kier alpha value is -1.99. The molecule has 118 valence electrons. The maximum Gasteiger partial charge on any atom is 0.234 e. The third kappa shape index (κ3) is 3.51. The van der Waals surface area contributed by atoms with Gasteiger partial charge < -0.3 is 5.32 Å². The number of aryl methyl sites for hydroxylation is 2. The standard InChI is InChI=1S/C16H14FN3OS2/c1-9-10(2)23-16-14(9)15(18-8-19-16)22-7-13(21)20-12-5-3-4-11(17)6-12/h3-6,8H,7H2,1-2H3,(H,20,21). The molecule has 0 aliphatic rings. The predicted molar refractivity (Wildman–Crippen MR) is 92.6 cm³/mol. The highest BCUT2D eigenvalue weighted by atomic mass is 32.2. The van der Waals surface area contributed by atoms with Crippen molar-refractivity contribution < 1.29 is 9.18 Å². The van der Waals surface area contributed by atoms with Crippen molar-refractivity contribution in [3.8, 4) is 0 Å². The van der Waals surface area contributed by atoms with E-state index in [0.29, 0.717) is 5.69 Å². The SMILES string of the molecule is Cc1sc2ncnc(SCC(=O)Nc3cccc(F)c3)c2c1C. The van der Waals surface area contributed by atoms with Crippen molar-refractivity contribution in [1.29, 1.82) is 0 Å². The van der Waals surface area contributed by atoms with Gasteiger partial charge in [-0.05, 0) is 37.6 Å². The number of amides is 1. The summed E-state index contributed by atoms with van der Waals surface area (Å²) in [5.74, 6) is -0.369. The number of halogens is 1. The molecular formula is C16H14FN3OS2. The molecule has 0 aliphatic carbocycles. The Balaban J connectivity index is 1.72. The fourth-order valence-corrected chi connectivity index (χ4v) is 4.07. The summed E-state index contributed by atoms with van der Waals surface area (Å²) in [7, 11) is 0. The Labute approximate surface area is 141 Å². The minimum atomic E-state index is -0.377. The van der Waals surface area contributed by atoms with E-state index in [1.807, 2.05) is 13.8 Å². The van der Waals surface area contributed by atoms with Gasteiger partial charge in [-0.25, -0.2) is 14.4 Å². The zero-order valence-electron chi connectivity index (χ0n) is 12.6. The summed E-state index contributed by atoms with van der Waals surface area (Å²) >= 11 is 2.98. The van der Waals surface area contributed by atoms with Gasteiger partial charge in [-0.3, -0.25) is 4.79 Å². The molecule has 0 radical (unpaired) electrons. The lowest BCUT2D eigenvalue weighted by molar-refractivity contribution is -0.113. The molecule has 0 unspecified atom stereocenters. The number of thioether (sulfide) groups is 1. The minimum Gasteiger partial charge on any atom is -0.325 e. The zero-order chi connectivity index (χ0) is 16.4. The number of nitrogens with zero attached hydrogens (tertiary/aromatic N) is 2. The van der Waals surface area contributed by atoms with Crippen LogP contribution in [0.25, 0.3) is 10.2 Å². The van der Waals surface area contributed by atoms with Crippen LogP contribution < -0.4 is 5.32 Å². The van der Waals surface area contributed by atoms with Crippen molar-refractivity contribution >= 4 is 44.9 Å². The molecular weight excluding hydrogens is 333 g/mol. The number of nitrogens with one attached hydrogen (secondary N) is 1. The highest BCUT2D eigenvalue weighted by Crippen LogP contribution is 2.34. The quantitative estimate of drug-likeness (QED) is 0.568. The Morgan fingerprint density at radius 3 is 2.96 bits per heavy atom. The number of hydrogen-bond donors (Lipinski definition) is 1. The van der Waals surface area contributed by atoms with E-state index in [1.165, 1.54) is 35.1 Å². The van der Waals surface area contributed by atoms with Crippen LogP contribution in [0.3, 0.4) is 0 Å². The number of benzene rings is 1. The monoisotopic (exact) mass is 347 g/mol. The lowest BCUT2D eigenvalue weighted by Crippen LogP contribution is -2.14. The summed E-state index contributed by atoms with van der Waals surface area (Å²) in [5, 5.41) is 4.49. The molecule has 3 rings (SSSR count). The van der Waals surface area contributed by atoms with Gasteiger partial charge in [0.15, 0.2) is 0 Å². The van der Waals surface area contributed by atoms with Crippen molar-refractivity contribution in [2.75, 3.05) is 11.1 Å². The molecule has 0 saturated carbocycles. The average Bonchev–Trinajstić information content (AvgIpc) is 2.81. The van der Waals surface area contributed by atoms with Crippen molar-refractivity contribution in [1.82, 2.24) is 9.97 Å². The smallest absolute Gasteiger partial charge is 0.234 e. The van der Waals surface area contributed by atoms with E-state index in [0.717, 1.165) is 20.8 Å². The summed E-state index contributed by atoms with van der Waals surface area (Å²) in [4.78, 5) is 22.7. The third-order valence-electron chi connectivity index (χ3n) is 3.38. The Kier molecular flexibility index (Phi) is 4.58. The van der Waals surface area contributed by atoms with Crippen LogP contribution in [-0.2, 0) is 4.79 Å². The molecule has 7 heteroatoms. The van der Waals surface area contributed by atoms with Crippen LogP contribution in [-0.4, -0.2) is 21.6 Å². The first-order chi connectivity index (χ1) is 11.0. The number of hydrogen-bond acceptors (Lipinski definition) is 5. The van der Waals surface area contributed by atoms with Gasteiger partial charge >= 0.3 is 0 Å². The number of fused-ring (bicyclic) bond motifs is 1. The van der Waals surface area contributed by atoms with Crippen molar-refractivity contribution in [3.05, 3.63) is 46.9 Å². The Bertz CT molecular complexity index is 879. The molecule has 0 aliphatic heterocycles. The van der Waals surface area contributed by atoms with Gasteiger partial charge in [-0.1, -0.05) is 17.8 Å². The van der Waals surface area contributed by atoms with Crippen LogP contribution in [0.15, 0.2) is 35.6 Å². The zero-order valence-corrected chi connectivity index (χ0v) is 14.2. The molecule has 0 bridgehead atoms. The maximum atomic E-state index is 13.1. The highest BCUT2D eigenvalue weighted by molar-refractivity contribution is 8.00. The van der Waals surface area contributed by atoms with Crippen molar-refractivity contribution in [2.45, 2.75) is 18.9 Å². The predicted octanol–water partition coefficient (Wildman–Crippen LogP) is 4.18. The van der Waals surface area contributed by atoms with Gasteiger partial charge in [-0.2, -0.15) is 0 Å². The fourth-order valence-electron chi connectivity index (χ4n) is 2.16. The lowest BCUT2D eigenvalue weighted by Gasteiger charge is -2.06. The van der Waals surface area contributed by atoms with E-state index in [-0.39, 0.29) is 17.5 Å². The maximum absolute atomic E-state index is 13.1. The number of carbonyl (C=O) groups excluding carboxylic acids is 1. The highest BCUT2D eigenvalue weighted by Gasteiger charge is 2.13. The molecule has 2 heterocycles. The van der Waals surface area contributed by atoms with Gasteiger partial charge in [0, 0.05) is 16.0 Å². The summed E-state index contributed by atoms with van der Waals surface area (Å²) in [6.07, 6.45) is 1.52. The van der Waals surface area contributed by atoms with Crippen LogP contribution in [0.5, 0.6) is 0 Å². The first-order valence-corrected chi connectivity index (χ1v) is 8.73. The van der Waals surface area contributed by atoms with Crippen LogP contribution in [0.4, 0.5) is 10.1 Å². The number of rotatable bonds is 4. The summed E-state index contributed by atoms with van der Waals surface area (Å²) in [6.45, 7) is 4.08. The molecule has 4 nitrogen and oxygen atoms in total. The Morgan fingerprint density at radius 2 is 2.17 bits per heavy atom. The van der Waals surface area contributed by atoms with Gasteiger partial charge in [-0.15, -0.1) is 11.3 Å². The van der Waals surface area contributed by atoms with E-state index in [1.54, 1.807) is 23.5 Å². The van der Waals surface area contributed by atoms with Crippen molar-refractivity contribution in [3.63, 3.8) is 0 Å². The summed E-state index contributed by atoms with van der Waals surface area (Å²) < 4.78 is 13.1. The molecule has 1 aromatic carbocycles. The molecule has 23 heavy (non-hydrogen) atoms. The first-order valence-electron chi connectivity index (χ1n) is 6.93. The van der Waals surface area contributed by atoms with E-state index in [2.05, 4.69) is 15.3 Å². The number of thiophene rings is 1. The van der Waals surface area contributed by atoms with Gasteiger partial charge in [0.05, 0.1) is 5.75 Å². The molecule has 0 atom stereocenters. The van der Waals surface area contributed by atoms with Crippen LogP contribution in [0, 0.1) is 19.7 Å². The average molecular weight is 347 g/mol. The van der Waals surface area contributed by atoms with Crippen LogP contribution in [0.1, 0.15) is 10.4 Å². The lowest BCUT2D eigenvalue weighted by atomic mass is 10.2. The normalized spacial score (nSPS) is 10.9. The summed E-state index contributed by atoms with van der Waals surface area (Å²) in [6, 6.07) is 5.84. The second kappa shape index (κ2) is 6.64. The largest absolute Gasteiger partial charge is 0.325 e.